The SMILES string of the molecule is C[C@@H]1Sc2ccc(C(=O)N3CCC(CCc4ccccc4)CC3)cc2NC1=O. The maximum Gasteiger partial charge on any atom is 0.253 e. The van der Waals surface area contributed by atoms with E-state index in [2.05, 4.69) is 35.6 Å². The molecule has 2 aromatic carbocycles. The van der Waals surface area contributed by atoms with E-state index in [1.165, 1.54) is 12.0 Å². The molecule has 2 amide bonds. The molecule has 0 aliphatic carbocycles. The molecule has 0 spiro atoms. The summed E-state index contributed by atoms with van der Waals surface area (Å²) in [4.78, 5) is 27.8. The standard InChI is InChI=1S/C23H26N2O2S/c1-16-22(26)24-20-15-19(9-10-21(20)28-16)23(27)25-13-11-18(12-14-25)8-7-17-5-3-2-4-6-17/h2-6,9-10,15-16,18H,7-8,11-14H2,1H3,(H,24,26)/t16-/m0/s1. The summed E-state index contributed by atoms with van der Waals surface area (Å²) in [6.07, 6.45) is 4.42. The fourth-order valence-electron chi connectivity index (χ4n) is 3.96. The Kier molecular flexibility index (Phi) is 5.72. The molecule has 2 aliphatic rings. The van der Waals surface area contributed by atoms with E-state index >= 15 is 0 Å². The number of fused-ring (bicyclic) bond motifs is 1. The first kappa shape index (κ1) is 19.1. The molecule has 0 radical (unpaired) electrons. The van der Waals surface area contributed by atoms with Crippen molar-refractivity contribution >= 4 is 29.3 Å². The van der Waals surface area contributed by atoms with Gasteiger partial charge in [0.05, 0.1) is 10.9 Å². The quantitative estimate of drug-likeness (QED) is 0.824. The lowest BCUT2D eigenvalue weighted by atomic mass is 9.90. The number of hydrogen-bond donors (Lipinski definition) is 1. The second kappa shape index (κ2) is 8.39. The molecule has 1 N–H and O–H groups in total. The summed E-state index contributed by atoms with van der Waals surface area (Å²) < 4.78 is 0. The zero-order valence-corrected chi connectivity index (χ0v) is 17.0. The molecule has 0 aromatic heterocycles. The van der Waals surface area contributed by atoms with E-state index in [-0.39, 0.29) is 17.1 Å². The lowest BCUT2D eigenvalue weighted by Crippen LogP contribution is -2.38. The molecule has 5 heteroatoms. The number of carbonyl (C=O) groups excluding carboxylic acids is 2. The maximum atomic E-state index is 12.9. The molecule has 1 atom stereocenters. The molecular weight excluding hydrogens is 368 g/mol. The first-order valence-electron chi connectivity index (χ1n) is 10.0. The fraction of sp³-hybridized carbons (Fsp3) is 0.391. The molecule has 0 unspecified atom stereocenters. The third kappa shape index (κ3) is 4.25. The summed E-state index contributed by atoms with van der Waals surface area (Å²) in [5.74, 6) is 0.758. The van der Waals surface area contributed by atoms with Gasteiger partial charge in [0, 0.05) is 23.5 Å². The fourth-order valence-corrected chi connectivity index (χ4v) is 4.89. The van der Waals surface area contributed by atoms with E-state index in [0.717, 1.165) is 42.9 Å². The maximum absolute atomic E-state index is 12.9. The zero-order valence-electron chi connectivity index (χ0n) is 16.2. The van der Waals surface area contributed by atoms with E-state index in [1.807, 2.05) is 30.0 Å². The van der Waals surface area contributed by atoms with Gasteiger partial charge in [0.15, 0.2) is 0 Å². The number of nitrogens with one attached hydrogen (secondary N) is 1. The van der Waals surface area contributed by atoms with E-state index in [0.29, 0.717) is 11.5 Å². The summed E-state index contributed by atoms with van der Waals surface area (Å²) >= 11 is 1.54. The number of nitrogens with zero attached hydrogens (tertiary/aromatic N) is 1. The second-order valence-corrected chi connectivity index (χ2v) is 9.10. The number of piperidine rings is 1. The summed E-state index contributed by atoms with van der Waals surface area (Å²) in [5.41, 5.74) is 2.82. The van der Waals surface area contributed by atoms with Crippen molar-refractivity contribution in [2.24, 2.45) is 5.92 Å². The number of benzene rings is 2. The molecule has 4 rings (SSSR count). The van der Waals surface area contributed by atoms with Gasteiger partial charge in [-0.25, -0.2) is 0 Å². The van der Waals surface area contributed by atoms with Gasteiger partial charge in [0.2, 0.25) is 5.91 Å². The van der Waals surface area contributed by atoms with Gasteiger partial charge in [0.1, 0.15) is 0 Å². The highest BCUT2D eigenvalue weighted by atomic mass is 32.2. The Morgan fingerprint density at radius 3 is 2.64 bits per heavy atom. The molecule has 4 nitrogen and oxygen atoms in total. The van der Waals surface area contributed by atoms with Crippen LogP contribution in [-0.2, 0) is 11.2 Å². The highest BCUT2D eigenvalue weighted by molar-refractivity contribution is 8.00. The van der Waals surface area contributed by atoms with Gasteiger partial charge in [-0.05, 0) is 62.3 Å². The molecular formula is C23H26N2O2S. The number of thioether (sulfide) groups is 1. The molecule has 146 valence electrons. The number of aryl methyl sites for hydroxylation is 1. The minimum atomic E-state index is -0.0936. The van der Waals surface area contributed by atoms with Crippen molar-refractivity contribution in [2.75, 3.05) is 18.4 Å². The number of amides is 2. The largest absolute Gasteiger partial charge is 0.339 e. The molecule has 0 bridgehead atoms. The van der Waals surface area contributed by atoms with E-state index < -0.39 is 0 Å². The van der Waals surface area contributed by atoms with Crippen LogP contribution in [0.1, 0.15) is 42.1 Å². The van der Waals surface area contributed by atoms with Crippen LogP contribution in [0.3, 0.4) is 0 Å². The molecule has 2 aromatic rings. The number of likely N-dealkylation sites (tertiary alicyclic amines) is 1. The number of anilines is 1. The van der Waals surface area contributed by atoms with E-state index in [9.17, 15) is 9.59 Å². The molecule has 28 heavy (non-hydrogen) atoms. The van der Waals surface area contributed by atoms with Crippen molar-refractivity contribution in [3.8, 4) is 0 Å². The van der Waals surface area contributed by atoms with Crippen LogP contribution in [-0.4, -0.2) is 35.1 Å². The lowest BCUT2D eigenvalue weighted by Gasteiger charge is -2.32. The Morgan fingerprint density at radius 1 is 1.14 bits per heavy atom. The van der Waals surface area contributed by atoms with E-state index in [1.54, 1.807) is 11.8 Å². The van der Waals surface area contributed by atoms with Gasteiger partial charge in [-0.2, -0.15) is 0 Å². The Morgan fingerprint density at radius 2 is 1.89 bits per heavy atom. The van der Waals surface area contributed by atoms with Crippen molar-refractivity contribution in [2.45, 2.75) is 42.8 Å². The van der Waals surface area contributed by atoms with Gasteiger partial charge < -0.3 is 10.2 Å². The Labute approximate surface area is 170 Å². The topological polar surface area (TPSA) is 49.4 Å². The van der Waals surface area contributed by atoms with Crippen LogP contribution in [0, 0.1) is 5.92 Å². The third-order valence-corrected chi connectivity index (χ3v) is 6.92. The predicted octanol–water partition coefficient (Wildman–Crippen LogP) is 4.60. The first-order chi connectivity index (χ1) is 13.6. The van der Waals surface area contributed by atoms with Crippen molar-refractivity contribution in [1.29, 1.82) is 0 Å². The molecule has 1 saturated heterocycles. The Hall–Kier alpha value is -2.27. The van der Waals surface area contributed by atoms with Crippen molar-refractivity contribution in [1.82, 2.24) is 4.90 Å². The predicted molar refractivity (Wildman–Crippen MR) is 114 cm³/mol. The van der Waals surface area contributed by atoms with Gasteiger partial charge in [-0.3, -0.25) is 9.59 Å². The van der Waals surface area contributed by atoms with Crippen LogP contribution in [0.4, 0.5) is 5.69 Å². The monoisotopic (exact) mass is 394 g/mol. The van der Waals surface area contributed by atoms with Crippen molar-refractivity contribution in [3.63, 3.8) is 0 Å². The Bertz CT molecular complexity index is 860. The van der Waals surface area contributed by atoms with Gasteiger partial charge in [0.25, 0.3) is 5.91 Å². The molecule has 2 aliphatic heterocycles. The average Bonchev–Trinajstić information content (AvgIpc) is 2.73. The molecule has 2 heterocycles. The smallest absolute Gasteiger partial charge is 0.253 e. The third-order valence-electron chi connectivity index (χ3n) is 5.74. The highest BCUT2D eigenvalue weighted by Crippen LogP contribution is 2.36. The van der Waals surface area contributed by atoms with Gasteiger partial charge >= 0.3 is 0 Å². The molecule has 0 saturated carbocycles. The van der Waals surface area contributed by atoms with Gasteiger partial charge in [-0.15, -0.1) is 11.8 Å². The van der Waals surface area contributed by atoms with Crippen molar-refractivity contribution < 1.29 is 9.59 Å². The van der Waals surface area contributed by atoms with Crippen LogP contribution in [0.15, 0.2) is 53.4 Å². The average molecular weight is 395 g/mol. The minimum absolute atomic E-state index is 0.00123. The number of rotatable bonds is 4. The summed E-state index contributed by atoms with van der Waals surface area (Å²) in [7, 11) is 0. The minimum Gasteiger partial charge on any atom is -0.339 e. The summed E-state index contributed by atoms with van der Waals surface area (Å²) in [6.45, 7) is 3.52. The van der Waals surface area contributed by atoms with Crippen LogP contribution < -0.4 is 5.32 Å². The number of carbonyl (C=O) groups is 2. The van der Waals surface area contributed by atoms with Crippen LogP contribution in [0.25, 0.3) is 0 Å². The second-order valence-electron chi connectivity index (χ2n) is 7.72. The normalized spacial score (nSPS) is 19.8. The summed E-state index contributed by atoms with van der Waals surface area (Å²) in [5, 5.41) is 2.82. The summed E-state index contributed by atoms with van der Waals surface area (Å²) in [6, 6.07) is 16.3. The van der Waals surface area contributed by atoms with Crippen LogP contribution in [0.2, 0.25) is 0 Å². The first-order valence-corrected chi connectivity index (χ1v) is 10.9. The van der Waals surface area contributed by atoms with Crippen molar-refractivity contribution in [3.05, 3.63) is 59.7 Å². The van der Waals surface area contributed by atoms with Crippen LogP contribution in [0.5, 0.6) is 0 Å². The lowest BCUT2D eigenvalue weighted by molar-refractivity contribution is -0.115. The number of hydrogen-bond acceptors (Lipinski definition) is 3. The highest BCUT2D eigenvalue weighted by Gasteiger charge is 2.26. The van der Waals surface area contributed by atoms with Crippen LogP contribution >= 0.6 is 11.8 Å². The van der Waals surface area contributed by atoms with E-state index in [4.69, 9.17) is 0 Å². The zero-order chi connectivity index (χ0) is 19.5. The molecule has 1 fully saturated rings. The Balaban J connectivity index is 1.33. The van der Waals surface area contributed by atoms with Gasteiger partial charge in [-0.1, -0.05) is 30.3 Å².